The zero-order valence-electron chi connectivity index (χ0n) is 11.7. The first-order valence-electron chi connectivity index (χ1n) is 6.36. The van der Waals surface area contributed by atoms with Crippen LogP contribution in [-0.4, -0.2) is 27.8 Å². The zero-order chi connectivity index (χ0) is 15.4. The third-order valence-corrected chi connectivity index (χ3v) is 3.83. The lowest BCUT2D eigenvalue weighted by Gasteiger charge is -2.10. The van der Waals surface area contributed by atoms with E-state index < -0.39 is 4.92 Å². The minimum Gasteiger partial charge on any atom is -0.310 e. The molecule has 0 aliphatic rings. The summed E-state index contributed by atoms with van der Waals surface area (Å²) in [5.41, 5.74) is 0.630. The summed E-state index contributed by atoms with van der Waals surface area (Å²) in [7, 11) is 0. The molecule has 0 unspecified atom stereocenters. The van der Waals surface area contributed by atoms with E-state index in [0.717, 1.165) is 5.75 Å². The Kier molecular flexibility index (Phi) is 4.74. The van der Waals surface area contributed by atoms with Crippen LogP contribution in [0.2, 0.25) is 0 Å². The predicted octanol–water partition coefficient (Wildman–Crippen LogP) is 3.08. The van der Waals surface area contributed by atoms with Crippen molar-refractivity contribution in [1.82, 2.24) is 4.98 Å². The number of aromatic nitrogens is 1. The third-order valence-electron chi connectivity index (χ3n) is 3.00. The molecule has 110 valence electrons. The molecule has 0 aliphatic heterocycles. The minimum atomic E-state index is -0.445. The lowest BCUT2D eigenvalue weighted by molar-refractivity contribution is -0.384. The summed E-state index contributed by atoms with van der Waals surface area (Å²) in [6, 6.07) is 7.80. The molecule has 21 heavy (non-hydrogen) atoms. The monoisotopic (exact) mass is 305 g/mol. The van der Waals surface area contributed by atoms with E-state index >= 15 is 0 Å². The van der Waals surface area contributed by atoms with Gasteiger partial charge >= 0.3 is 0 Å². The normalized spacial score (nSPS) is 12.1. The quantitative estimate of drug-likeness (QED) is 0.677. The maximum Gasteiger partial charge on any atom is 0.270 e. The Balaban J connectivity index is 2.21. The van der Waals surface area contributed by atoms with Gasteiger partial charge in [-0.1, -0.05) is 6.92 Å². The first-order valence-corrected chi connectivity index (χ1v) is 7.75. The molecule has 0 spiro atoms. The second-order valence-electron chi connectivity index (χ2n) is 4.68. The largest absolute Gasteiger partial charge is 0.310 e. The Morgan fingerprint density at radius 3 is 2.86 bits per heavy atom. The highest BCUT2D eigenvalue weighted by Crippen LogP contribution is 2.21. The Morgan fingerprint density at radius 1 is 1.43 bits per heavy atom. The number of rotatable bonds is 5. The van der Waals surface area contributed by atoms with Crippen LogP contribution in [-0.2, 0) is 4.79 Å². The molecule has 6 nitrogen and oxygen atoms in total. The van der Waals surface area contributed by atoms with E-state index in [2.05, 4.69) is 10.3 Å². The van der Waals surface area contributed by atoms with Gasteiger partial charge in [0, 0.05) is 29.2 Å². The second kappa shape index (κ2) is 6.53. The van der Waals surface area contributed by atoms with Gasteiger partial charge in [-0.15, -0.1) is 0 Å². The van der Waals surface area contributed by atoms with Gasteiger partial charge in [0.1, 0.15) is 5.82 Å². The number of hydrogen-bond donors (Lipinski definition) is 1. The van der Waals surface area contributed by atoms with Crippen molar-refractivity contribution in [2.24, 2.45) is 5.92 Å². The molecule has 0 fully saturated rings. The molecule has 1 atom stereocenters. The molecule has 0 saturated carbocycles. The molecule has 1 heterocycles. The number of nitrogens with one attached hydrogen (secondary N) is 1. The lowest BCUT2D eigenvalue weighted by Crippen LogP contribution is -2.22. The number of carbonyl (C=O) groups is 1. The van der Waals surface area contributed by atoms with E-state index in [9.17, 15) is 14.9 Å². The molecule has 1 aromatic heterocycles. The summed E-state index contributed by atoms with van der Waals surface area (Å²) in [5.74, 6) is 1.01. The topological polar surface area (TPSA) is 85.1 Å². The average Bonchev–Trinajstić information content (AvgIpc) is 2.46. The van der Waals surface area contributed by atoms with Gasteiger partial charge < -0.3 is 5.32 Å². The minimum absolute atomic E-state index is 0.0229. The molecule has 2 rings (SSSR count). The number of nitro benzene ring substituents is 1. The van der Waals surface area contributed by atoms with Crippen LogP contribution in [0.25, 0.3) is 10.9 Å². The third kappa shape index (κ3) is 3.69. The predicted molar refractivity (Wildman–Crippen MR) is 84.6 cm³/mol. The van der Waals surface area contributed by atoms with Crippen LogP contribution in [0.1, 0.15) is 6.92 Å². The van der Waals surface area contributed by atoms with Crippen LogP contribution in [0, 0.1) is 16.0 Å². The summed E-state index contributed by atoms with van der Waals surface area (Å²) in [6.07, 6.45) is 1.95. The Hall–Kier alpha value is -2.15. The number of fused-ring (bicyclic) bond motifs is 1. The molecule has 7 heteroatoms. The van der Waals surface area contributed by atoms with Crippen molar-refractivity contribution in [2.75, 3.05) is 17.3 Å². The van der Waals surface area contributed by atoms with Crippen molar-refractivity contribution < 1.29 is 9.72 Å². The standard InChI is InChI=1S/C14H15N3O3S/c1-9(8-21-2)14(18)16-13-6-3-10-7-11(17(19)20)4-5-12(10)15-13/h3-7,9H,8H2,1-2H3,(H,15,16,18)/t9-/m1/s1. The van der Waals surface area contributed by atoms with Crippen molar-refractivity contribution in [1.29, 1.82) is 0 Å². The number of hydrogen-bond acceptors (Lipinski definition) is 5. The summed E-state index contributed by atoms with van der Waals surface area (Å²) >= 11 is 1.61. The molecule has 0 saturated heterocycles. The summed E-state index contributed by atoms with van der Waals surface area (Å²) in [5, 5.41) is 14.1. The fraction of sp³-hybridized carbons (Fsp3) is 0.286. The highest BCUT2D eigenvalue weighted by Gasteiger charge is 2.13. The molecule has 0 bridgehead atoms. The van der Waals surface area contributed by atoms with Gasteiger partial charge in [0.05, 0.1) is 10.4 Å². The van der Waals surface area contributed by atoms with E-state index in [4.69, 9.17) is 0 Å². The van der Waals surface area contributed by atoms with E-state index in [-0.39, 0.29) is 17.5 Å². The SMILES string of the molecule is CSC[C@@H](C)C(=O)Nc1ccc2cc([N+](=O)[O-])ccc2n1. The maximum atomic E-state index is 11.9. The van der Waals surface area contributed by atoms with Crippen molar-refractivity contribution in [3.63, 3.8) is 0 Å². The second-order valence-corrected chi connectivity index (χ2v) is 5.59. The van der Waals surface area contributed by atoms with Gasteiger partial charge in [-0.25, -0.2) is 4.98 Å². The van der Waals surface area contributed by atoms with Crippen molar-refractivity contribution in [2.45, 2.75) is 6.92 Å². The molecule has 1 amide bonds. The number of benzene rings is 1. The van der Waals surface area contributed by atoms with Gasteiger partial charge in [0.25, 0.3) is 5.69 Å². The number of carbonyl (C=O) groups excluding carboxylic acids is 1. The fourth-order valence-corrected chi connectivity index (χ4v) is 2.52. The van der Waals surface area contributed by atoms with Crippen LogP contribution in [0.3, 0.4) is 0 Å². The van der Waals surface area contributed by atoms with Crippen LogP contribution in [0.15, 0.2) is 30.3 Å². The number of pyridine rings is 1. The molecule has 1 N–H and O–H groups in total. The lowest BCUT2D eigenvalue weighted by atomic mass is 10.2. The number of nitro groups is 1. The van der Waals surface area contributed by atoms with E-state index in [1.165, 1.54) is 12.1 Å². The number of non-ortho nitro benzene ring substituents is 1. The fourth-order valence-electron chi connectivity index (χ4n) is 1.87. The van der Waals surface area contributed by atoms with Gasteiger partial charge in [-0.05, 0) is 24.5 Å². The zero-order valence-corrected chi connectivity index (χ0v) is 12.5. The van der Waals surface area contributed by atoms with Crippen molar-refractivity contribution >= 4 is 40.1 Å². The van der Waals surface area contributed by atoms with E-state index in [1.54, 1.807) is 30.0 Å². The molecular weight excluding hydrogens is 290 g/mol. The van der Waals surface area contributed by atoms with Crippen LogP contribution < -0.4 is 5.32 Å². The smallest absolute Gasteiger partial charge is 0.270 e. The molecule has 0 aliphatic carbocycles. The summed E-state index contributed by atoms with van der Waals surface area (Å²) in [4.78, 5) is 26.5. The number of thioether (sulfide) groups is 1. The van der Waals surface area contributed by atoms with Crippen LogP contribution in [0.5, 0.6) is 0 Å². The van der Waals surface area contributed by atoms with Crippen LogP contribution in [0.4, 0.5) is 11.5 Å². The van der Waals surface area contributed by atoms with Crippen LogP contribution >= 0.6 is 11.8 Å². The first kappa shape index (κ1) is 15.2. The summed E-state index contributed by atoms with van der Waals surface area (Å²) < 4.78 is 0. The number of nitrogens with zero attached hydrogens (tertiary/aromatic N) is 2. The Bertz CT molecular complexity index is 690. The average molecular weight is 305 g/mol. The molecular formula is C14H15N3O3S. The van der Waals surface area contributed by atoms with Gasteiger partial charge in [0.2, 0.25) is 5.91 Å². The highest BCUT2D eigenvalue weighted by molar-refractivity contribution is 7.98. The Morgan fingerprint density at radius 2 is 2.19 bits per heavy atom. The van der Waals surface area contributed by atoms with Crippen molar-refractivity contribution in [3.8, 4) is 0 Å². The summed E-state index contributed by atoms with van der Waals surface area (Å²) in [6.45, 7) is 1.86. The number of amides is 1. The van der Waals surface area contributed by atoms with Gasteiger partial charge in [-0.3, -0.25) is 14.9 Å². The van der Waals surface area contributed by atoms with Gasteiger partial charge in [-0.2, -0.15) is 11.8 Å². The molecule has 2 aromatic rings. The van der Waals surface area contributed by atoms with E-state index in [1.807, 2.05) is 13.2 Å². The first-order chi connectivity index (χ1) is 10.0. The molecule has 0 radical (unpaired) electrons. The maximum absolute atomic E-state index is 11.9. The van der Waals surface area contributed by atoms with E-state index in [0.29, 0.717) is 16.7 Å². The van der Waals surface area contributed by atoms with Crippen molar-refractivity contribution in [3.05, 3.63) is 40.4 Å². The molecule has 1 aromatic carbocycles. The highest BCUT2D eigenvalue weighted by atomic mass is 32.2. The number of anilines is 1. The van der Waals surface area contributed by atoms with Gasteiger partial charge in [0.15, 0.2) is 0 Å². The Labute approximate surface area is 126 Å².